The summed E-state index contributed by atoms with van der Waals surface area (Å²) in [5.74, 6) is 0. The third-order valence-electron chi connectivity index (χ3n) is 3.98. The third kappa shape index (κ3) is 2.16. The van der Waals surface area contributed by atoms with Gasteiger partial charge in [0.1, 0.15) is 0 Å². The molecule has 0 spiro atoms. The van der Waals surface area contributed by atoms with Crippen molar-refractivity contribution in [2.45, 2.75) is 26.2 Å². The minimum absolute atomic E-state index is 0.0838. The molecule has 1 heterocycles. The van der Waals surface area contributed by atoms with Crippen LogP contribution < -0.4 is 0 Å². The van der Waals surface area contributed by atoms with Crippen molar-refractivity contribution >= 4 is 21.8 Å². The van der Waals surface area contributed by atoms with Crippen molar-refractivity contribution in [3.63, 3.8) is 0 Å². The van der Waals surface area contributed by atoms with Crippen molar-refractivity contribution in [1.82, 2.24) is 4.57 Å². The van der Waals surface area contributed by atoms with E-state index in [4.69, 9.17) is 9.60 Å². The maximum Gasteiger partial charge on any atom is 0.0645 e. The smallest absolute Gasteiger partial charge is 0.0645 e. The first-order chi connectivity index (χ1) is 14.0. The molecule has 0 fully saturated rings. The topological polar surface area (TPSA) is 4.93 Å². The van der Waals surface area contributed by atoms with Crippen molar-refractivity contribution in [2.24, 2.45) is 0 Å². The van der Waals surface area contributed by atoms with Gasteiger partial charge in [0.2, 0.25) is 0 Å². The molecule has 0 unspecified atom stereocenters. The van der Waals surface area contributed by atoms with Gasteiger partial charge in [-0.15, -0.1) is 0 Å². The van der Waals surface area contributed by atoms with E-state index in [1.165, 1.54) is 0 Å². The Kier molecular flexibility index (Phi) is 1.81. The van der Waals surface area contributed by atoms with E-state index in [9.17, 15) is 0 Å². The lowest BCUT2D eigenvalue weighted by molar-refractivity contribution is 0.596. The van der Waals surface area contributed by atoms with Gasteiger partial charge in [-0.3, -0.25) is 0 Å². The lowest BCUT2D eigenvalue weighted by Crippen LogP contribution is -2.11. The van der Waals surface area contributed by atoms with Crippen LogP contribution in [0.5, 0.6) is 0 Å². The normalized spacial score (nSPS) is 16.4. The van der Waals surface area contributed by atoms with Crippen LogP contribution in [0.25, 0.3) is 27.5 Å². The highest BCUT2D eigenvalue weighted by atomic mass is 15.0. The summed E-state index contributed by atoms with van der Waals surface area (Å²) in [5, 5.41) is 0.728. The molecule has 1 aromatic heterocycles. The van der Waals surface area contributed by atoms with E-state index in [1.54, 1.807) is 16.7 Å². The quantitative estimate of drug-likeness (QED) is 0.401. The Morgan fingerprint density at radius 1 is 0.826 bits per heavy atom. The van der Waals surface area contributed by atoms with Gasteiger partial charge >= 0.3 is 0 Å². The minimum atomic E-state index is -0.578. The molecule has 0 saturated heterocycles. The molecule has 0 amide bonds. The summed E-state index contributed by atoms with van der Waals surface area (Å²) < 4.78 is 60.9. The van der Waals surface area contributed by atoms with Crippen LogP contribution >= 0.6 is 0 Å². The Labute approximate surface area is 147 Å². The molecule has 0 radical (unpaired) electrons. The van der Waals surface area contributed by atoms with Gasteiger partial charge in [0.25, 0.3) is 0 Å². The first-order valence-corrected chi connectivity index (χ1v) is 7.58. The van der Waals surface area contributed by atoms with Crippen LogP contribution in [0, 0.1) is 0 Å². The number of rotatable bonds is 1. The van der Waals surface area contributed by atoms with Crippen molar-refractivity contribution < 1.29 is 9.60 Å². The Hall–Kier alpha value is -2.54. The summed E-state index contributed by atoms with van der Waals surface area (Å²) >= 11 is 0. The highest BCUT2D eigenvalue weighted by Gasteiger charge is 2.21. The maximum atomic E-state index is 8.66. The van der Waals surface area contributed by atoms with Crippen LogP contribution in [-0.2, 0) is 5.41 Å². The molecule has 0 saturated carbocycles. The van der Waals surface area contributed by atoms with Crippen LogP contribution in [0.2, 0.25) is 0 Å². The lowest BCUT2D eigenvalue weighted by Gasteiger charge is -2.20. The lowest BCUT2D eigenvalue weighted by atomic mass is 9.84. The van der Waals surface area contributed by atoms with E-state index in [0.29, 0.717) is 22.2 Å². The first kappa shape index (κ1) is 8.35. The van der Waals surface area contributed by atoms with Crippen LogP contribution in [0.3, 0.4) is 0 Å². The van der Waals surface area contributed by atoms with Crippen LogP contribution in [0.15, 0.2) is 72.6 Å². The van der Waals surface area contributed by atoms with Gasteiger partial charge in [-0.25, -0.2) is 0 Å². The summed E-state index contributed by atoms with van der Waals surface area (Å²) in [6, 6.07) is 7.48. The van der Waals surface area contributed by atoms with Gasteiger partial charge in [-0.1, -0.05) is 69.2 Å². The molecular formula is C22H21N. The summed E-state index contributed by atoms with van der Waals surface area (Å²) in [4.78, 5) is 0. The third-order valence-corrected chi connectivity index (χ3v) is 3.98. The number of fused-ring (bicyclic) bond motifs is 3. The van der Waals surface area contributed by atoms with Gasteiger partial charge in [-0.05, 0) is 35.2 Å². The molecule has 3 aromatic carbocycles. The maximum absolute atomic E-state index is 8.66. The largest absolute Gasteiger partial charge is 0.309 e. The number of para-hydroxylation sites is 2. The SMILES string of the molecule is [2H]c1c([2H])c([2H])c2c(c1[2H])c1c(C(C)(C)C)c([2H])c([2H])c([2H])c1n2-c1ccccc1. The minimum Gasteiger partial charge on any atom is -0.309 e. The Morgan fingerprint density at radius 3 is 2.26 bits per heavy atom. The fourth-order valence-corrected chi connectivity index (χ4v) is 2.97. The van der Waals surface area contributed by atoms with Gasteiger partial charge < -0.3 is 4.57 Å². The van der Waals surface area contributed by atoms with E-state index in [2.05, 4.69) is 0 Å². The fourth-order valence-electron chi connectivity index (χ4n) is 2.97. The van der Waals surface area contributed by atoms with Gasteiger partial charge in [0.15, 0.2) is 0 Å². The van der Waals surface area contributed by atoms with Gasteiger partial charge in [-0.2, -0.15) is 0 Å². The van der Waals surface area contributed by atoms with Gasteiger partial charge in [0.05, 0.1) is 20.6 Å². The highest BCUT2D eigenvalue weighted by molar-refractivity contribution is 6.11. The Bertz CT molecular complexity index is 1330. The number of aromatic nitrogens is 1. The molecule has 0 aliphatic carbocycles. The van der Waals surface area contributed by atoms with Gasteiger partial charge in [0, 0.05) is 16.5 Å². The Morgan fingerprint density at radius 2 is 1.52 bits per heavy atom. The number of benzene rings is 3. The average molecular weight is 306 g/mol. The zero-order chi connectivity index (χ0) is 22.1. The zero-order valence-electron chi connectivity index (χ0n) is 20.3. The van der Waals surface area contributed by atoms with Crippen molar-refractivity contribution in [2.75, 3.05) is 0 Å². The molecule has 0 N–H and O–H groups in total. The van der Waals surface area contributed by atoms with E-state index in [-0.39, 0.29) is 53.2 Å². The Balaban J connectivity index is 2.49. The van der Waals surface area contributed by atoms with Crippen molar-refractivity contribution in [3.8, 4) is 5.69 Å². The monoisotopic (exact) mass is 306 g/mol. The van der Waals surface area contributed by atoms with E-state index >= 15 is 0 Å². The summed E-state index contributed by atoms with van der Waals surface area (Å²) in [6.45, 7) is 5.71. The van der Waals surface area contributed by atoms with Crippen molar-refractivity contribution in [1.29, 1.82) is 0 Å². The second kappa shape index (κ2) is 4.99. The molecule has 0 bridgehead atoms. The zero-order valence-corrected chi connectivity index (χ0v) is 13.3. The summed E-state index contributed by atoms with van der Waals surface area (Å²) in [7, 11) is 0. The molecule has 4 rings (SSSR count). The predicted molar refractivity (Wildman–Crippen MR) is 99.5 cm³/mol. The summed E-state index contributed by atoms with van der Waals surface area (Å²) in [5.41, 5.74) is 1.14. The second-order valence-electron chi connectivity index (χ2n) is 6.62. The summed E-state index contributed by atoms with van der Waals surface area (Å²) in [6.07, 6.45) is 0. The van der Waals surface area contributed by atoms with E-state index in [0.717, 1.165) is 0 Å². The molecule has 0 aliphatic heterocycles. The molecule has 0 aliphatic rings. The number of nitrogens with zero attached hydrogens (tertiary/aromatic N) is 1. The molecule has 23 heavy (non-hydrogen) atoms. The number of hydrogen-bond donors (Lipinski definition) is 0. The molecule has 114 valence electrons. The highest BCUT2D eigenvalue weighted by Crippen LogP contribution is 2.38. The van der Waals surface area contributed by atoms with Crippen LogP contribution in [0.4, 0.5) is 0 Å². The average Bonchev–Trinajstić information content (AvgIpc) is 3.04. The standard InChI is InChI=1S/C22H21N/c1-22(2,3)18-13-9-15-20-21(18)17-12-7-8-14-19(17)23(20)16-10-5-4-6-11-16/h4-15H,1-3H3/i7D,8D,9D,12D,13D,14D,15D. The second-order valence-corrected chi connectivity index (χ2v) is 6.62. The fraction of sp³-hybridized carbons (Fsp3) is 0.182. The molecule has 0 atom stereocenters. The van der Waals surface area contributed by atoms with Crippen LogP contribution in [0.1, 0.15) is 35.9 Å². The number of hydrogen-bond acceptors (Lipinski definition) is 0. The molecule has 1 nitrogen and oxygen atoms in total. The van der Waals surface area contributed by atoms with E-state index in [1.807, 2.05) is 39.0 Å². The molecular weight excluding hydrogens is 278 g/mol. The predicted octanol–water partition coefficient (Wildman–Crippen LogP) is 6.08. The molecule has 1 heteroatoms. The first-order valence-electron chi connectivity index (χ1n) is 11.1. The van der Waals surface area contributed by atoms with Crippen molar-refractivity contribution in [3.05, 3.63) is 78.2 Å². The van der Waals surface area contributed by atoms with E-state index < -0.39 is 5.41 Å². The molecule has 4 aromatic rings. The van der Waals surface area contributed by atoms with Crippen LogP contribution in [-0.4, -0.2) is 4.57 Å².